The van der Waals surface area contributed by atoms with E-state index < -0.39 is 10.2 Å². The molecule has 0 aliphatic rings. The van der Waals surface area contributed by atoms with Gasteiger partial charge in [-0.05, 0) is 13.3 Å². The number of hydrogen-bond acceptors (Lipinski definition) is 2. The Bertz CT molecular complexity index is 227. The maximum Gasteiger partial charge on any atom is 0.276 e. The molecule has 86 valence electrons. The van der Waals surface area contributed by atoms with Crippen molar-refractivity contribution in [1.82, 2.24) is 9.44 Å². The molecule has 0 saturated heterocycles. The fourth-order valence-electron chi connectivity index (χ4n) is 1.26. The molecule has 2 N–H and O–H groups in total. The second kappa shape index (κ2) is 7.20. The Balaban J connectivity index is 3.60. The maximum absolute atomic E-state index is 11.1. The molecule has 0 bridgehead atoms. The van der Waals surface area contributed by atoms with Crippen LogP contribution in [0.15, 0.2) is 0 Å². The molecular weight excluding hydrogens is 200 g/mol. The zero-order chi connectivity index (χ0) is 11.0. The Kier molecular flexibility index (Phi) is 7.13. The van der Waals surface area contributed by atoms with E-state index in [0.29, 0.717) is 0 Å². The topological polar surface area (TPSA) is 58.2 Å². The third kappa shape index (κ3) is 7.29. The van der Waals surface area contributed by atoms with Gasteiger partial charge in [0.1, 0.15) is 0 Å². The van der Waals surface area contributed by atoms with Crippen LogP contribution in [0.4, 0.5) is 0 Å². The first-order valence-corrected chi connectivity index (χ1v) is 6.71. The van der Waals surface area contributed by atoms with Crippen molar-refractivity contribution < 1.29 is 8.42 Å². The molecule has 0 saturated carbocycles. The van der Waals surface area contributed by atoms with Crippen molar-refractivity contribution in [3.05, 3.63) is 0 Å². The molecule has 0 aliphatic heterocycles. The van der Waals surface area contributed by atoms with Crippen molar-refractivity contribution in [1.29, 1.82) is 0 Å². The molecule has 0 amide bonds. The van der Waals surface area contributed by atoms with Crippen LogP contribution in [0.2, 0.25) is 0 Å². The lowest BCUT2D eigenvalue weighted by Crippen LogP contribution is -2.39. The standard InChI is InChI=1S/C9H22N2O2S/c1-4-5-6-7-8-9(2)11-14(12,13)10-3/h9-11H,4-8H2,1-3H3. The van der Waals surface area contributed by atoms with Crippen LogP contribution in [0.3, 0.4) is 0 Å². The predicted molar refractivity (Wildman–Crippen MR) is 59.3 cm³/mol. The van der Waals surface area contributed by atoms with Gasteiger partial charge in [-0.3, -0.25) is 0 Å². The summed E-state index contributed by atoms with van der Waals surface area (Å²) < 4.78 is 26.9. The summed E-state index contributed by atoms with van der Waals surface area (Å²) in [6.45, 7) is 4.05. The van der Waals surface area contributed by atoms with Gasteiger partial charge in [0.05, 0.1) is 0 Å². The van der Waals surface area contributed by atoms with E-state index in [1.54, 1.807) is 0 Å². The first-order chi connectivity index (χ1) is 6.52. The van der Waals surface area contributed by atoms with Crippen LogP contribution in [0, 0.1) is 0 Å². The van der Waals surface area contributed by atoms with Gasteiger partial charge < -0.3 is 0 Å². The van der Waals surface area contributed by atoms with Gasteiger partial charge in [0.25, 0.3) is 10.2 Å². The van der Waals surface area contributed by atoms with Crippen LogP contribution in [0.5, 0.6) is 0 Å². The van der Waals surface area contributed by atoms with Crippen molar-refractivity contribution in [2.24, 2.45) is 0 Å². The van der Waals surface area contributed by atoms with E-state index in [4.69, 9.17) is 0 Å². The van der Waals surface area contributed by atoms with E-state index in [0.717, 1.165) is 12.8 Å². The Labute approximate surface area is 87.7 Å². The highest BCUT2D eigenvalue weighted by Gasteiger charge is 2.10. The summed E-state index contributed by atoms with van der Waals surface area (Å²) in [4.78, 5) is 0. The normalized spacial score (nSPS) is 14.2. The number of unbranched alkanes of at least 4 members (excludes halogenated alkanes) is 3. The number of hydrogen-bond donors (Lipinski definition) is 2. The van der Waals surface area contributed by atoms with Gasteiger partial charge in [-0.25, -0.2) is 4.72 Å². The minimum absolute atomic E-state index is 0.0179. The molecule has 1 unspecified atom stereocenters. The zero-order valence-electron chi connectivity index (χ0n) is 9.34. The van der Waals surface area contributed by atoms with Gasteiger partial charge >= 0.3 is 0 Å². The number of rotatable bonds is 8. The Morgan fingerprint density at radius 2 is 1.86 bits per heavy atom. The van der Waals surface area contributed by atoms with Gasteiger partial charge in [-0.15, -0.1) is 0 Å². The van der Waals surface area contributed by atoms with Gasteiger partial charge in [0, 0.05) is 13.1 Å². The van der Waals surface area contributed by atoms with Gasteiger partial charge in [0.15, 0.2) is 0 Å². The van der Waals surface area contributed by atoms with Crippen LogP contribution in [-0.4, -0.2) is 21.5 Å². The monoisotopic (exact) mass is 222 g/mol. The van der Waals surface area contributed by atoms with E-state index in [-0.39, 0.29) is 6.04 Å². The second-order valence-electron chi connectivity index (χ2n) is 3.58. The van der Waals surface area contributed by atoms with Gasteiger partial charge in [-0.2, -0.15) is 13.1 Å². The highest BCUT2D eigenvalue weighted by molar-refractivity contribution is 7.87. The molecule has 5 heteroatoms. The summed E-state index contributed by atoms with van der Waals surface area (Å²) in [5.41, 5.74) is 0. The van der Waals surface area contributed by atoms with Crippen molar-refractivity contribution in [3.8, 4) is 0 Å². The third-order valence-electron chi connectivity index (χ3n) is 2.12. The summed E-state index contributed by atoms with van der Waals surface area (Å²) in [6, 6.07) is 0.0179. The molecule has 0 rings (SSSR count). The molecule has 4 nitrogen and oxygen atoms in total. The average molecular weight is 222 g/mol. The van der Waals surface area contributed by atoms with Crippen LogP contribution in [-0.2, 0) is 10.2 Å². The summed E-state index contributed by atoms with van der Waals surface area (Å²) in [6.07, 6.45) is 5.60. The molecule has 14 heavy (non-hydrogen) atoms. The summed E-state index contributed by atoms with van der Waals surface area (Å²) in [7, 11) is -1.85. The summed E-state index contributed by atoms with van der Waals surface area (Å²) >= 11 is 0. The van der Waals surface area contributed by atoms with Crippen molar-refractivity contribution in [2.45, 2.75) is 52.0 Å². The van der Waals surface area contributed by atoms with Crippen LogP contribution in [0.1, 0.15) is 46.0 Å². The third-order valence-corrected chi connectivity index (χ3v) is 3.37. The Hall–Kier alpha value is -0.130. The van der Waals surface area contributed by atoms with E-state index >= 15 is 0 Å². The molecular formula is C9H22N2O2S. The first kappa shape index (κ1) is 13.9. The van der Waals surface area contributed by atoms with Gasteiger partial charge in [-0.1, -0.05) is 32.6 Å². The fourth-order valence-corrected chi connectivity index (χ4v) is 2.03. The van der Waals surface area contributed by atoms with Crippen molar-refractivity contribution in [3.63, 3.8) is 0 Å². The van der Waals surface area contributed by atoms with Crippen molar-refractivity contribution in [2.75, 3.05) is 7.05 Å². The largest absolute Gasteiger partial charge is 0.276 e. The maximum atomic E-state index is 11.1. The molecule has 0 aromatic heterocycles. The first-order valence-electron chi connectivity index (χ1n) is 5.22. The van der Waals surface area contributed by atoms with Crippen molar-refractivity contribution >= 4 is 10.2 Å². The van der Waals surface area contributed by atoms with Crippen LogP contribution in [0.25, 0.3) is 0 Å². The minimum Gasteiger partial charge on any atom is -0.205 e. The molecule has 1 atom stereocenters. The zero-order valence-corrected chi connectivity index (χ0v) is 10.2. The molecule has 0 aromatic rings. The summed E-state index contributed by atoms with van der Waals surface area (Å²) in [5, 5.41) is 0. The lowest BCUT2D eigenvalue weighted by Gasteiger charge is -2.12. The highest BCUT2D eigenvalue weighted by atomic mass is 32.2. The molecule has 0 fully saturated rings. The smallest absolute Gasteiger partial charge is 0.205 e. The molecule has 0 aliphatic carbocycles. The Morgan fingerprint density at radius 1 is 1.21 bits per heavy atom. The second-order valence-corrected chi connectivity index (χ2v) is 5.23. The van der Waals surface area contributed by atoms with Crippen LogP contribution >= 0.6 is 0 Å². The molecule has 0 radical (unpaired) electrons. The van der Waals surface area contributed by atoms with E-state index in [9.17, 15) is 8.42 Å². The van der Waals surface area contributed by atoms with E-state index in [2.05, 4.69) is 16.4 Å². The predicted octanol–water partition coefficient (Wildman–Crippen LogP) is 1.40. The molecule has 0 spiro atoms. The highest BCUT2D eigenvalue weighted by Crippen LogP contribution is 2.05. The molecule has 0 aromatic carbocycles. The SMILES string of the molecule is CCCCCCC(C)NS(=O)(=O)NC. The van der Waals surface area contributed by atoms with Crippen LogP contribution < -0.4 is 9.44 Å². The van der Waals surface area contributed by atoms with E-state index in [1.807, 2.05) is 6.92 Å². The molecule has 0 heterocycles. The minimum atomic E-state index is -3.26. The number of nitrogens with one attached hydrogen (secondary N) is 2. The summed E-state index contributed by atoms with van der Waals surface area (Å²) in [5.74, 6) is 0. The average Bonchev–Trinajstić information content (AvgIpc) is 2.12. The quantitative estimate of drug-likeness (QED) is 0.610. The van der Waals surface area contributed by atoms with Gasteiger partial charge in [0.2, 0.25) is 0 Å². The fraction of sp³-hybridized carbons (Fsp3) is 1.00. The lowest BCUT2D eigenvalue weighted by molar-refractivity contribution is 0.517. The lowest BCUT2D eigenvalue weighted by atomic mass is 10.1. The van der Waals surface area contributed by atoms with E-state index in [1.165, 1.54) is 26.3 Å². The Morgan fingerprint density at radius 3 is 2.36 bits per heavy atom.